The van der Waals surface area contributed by atoms with Gasteiger partial charge in [0.1, 0.15) is 11.4 Å². The number of amides is 1. The van der Waals surface area contributed by atoms with Gasteiger partial charge in [0.05, 0.1) is 26.6 Å². The molecule has 1 saturated heterocycles. The maximum atomic E-state index is 12.4. The van der Waals surface area contributed by atoms with E-state index < -0.39 is 5.60 Å². The second kappa shape index (κ2) is 6.28. The number of nitrogens with zero attached hydrogens (tertiary/aromatic N) is 2. The van der Waals surface area contributed by atoms with E-state index in [1.54, 1.807) is 16.2 Å². The van der Waals surface area contributed by atoms with Gasteiger partial charge in [-0.2, -0.15) is 0 Å². The van der Waals surface area contributed by atoms with Crippen molar-refractivity contribution >= 4 is 33.4 Å². The van der Waals surface area contributed by atoms with Gasteiger partial charge < -0.3 is 9.72 Å². The Labute approximate surface area is 148 Å². The number of carbonyl (C=O) groups excluding carboxylic acids is 1. The molecule has 5 nitrogen and oxygen atoms in total. The fourth-order valence-corrected chi connectivity index (χ4v) is 4.03. The Bertz CT molecular complexity index is 704. The number of hydrogen-bond acceptors (Lipinski definition) is 4. The Balaban J connectivity index is 1.78. The summed E-state index contributed by atoms with van der Waals surface area (Å²) in [5.74, 6) is 0.827. The zero-order chi connectivity index (χ0) is 16.6. The van der Waals surface area contributed by atoms with Gasteiger partial charge in [-0.1, -0.05) is 0 Å². The third-order valence-corrected chi connectivity index (χ3v) is 5.29. The average Bonchev–Trinajstić information content (AvgIpc) is 3.15. The number of thiophene rings is 1. The predicted molar refractivity (Wildman–Crippen MR) is 94.5 cm³/mol. The van der Waals surface area contributed by atoms with E-state index in [0.717, 1.165) is 33.0 Å². The number of nitrogens with one attached hydrogen (secondary N) is 1. The van der Waals surface area contributed by atoms with E-state index in [9.17, 15) is 4.79 Å². The minimum atomic E-state index is -0.484. The Hall–Kier alpha value is -1.34. The van der Waals surface area contributed by atoms with Gasteiger partial charge in [0.2, 0.25) is 0 Å². The van der Waals surface area contributed by atoms with E-state index >= 15 is 0 Å². The minimum Gasteiger partial charge on any atom is -0.444 e. The van der Waals surface area contributed by atoms with Crippen LogP contribution < -0.4 is 0 Å². The molecule has 2 aromatic heterocycles. The molecule has 0 saturated carbocycles. The summed E-state index contributed by atoms with van der Waals surface area (Å²) in [5, 5.41) is 0. The summed E-state index contributed by atoms with van der Waals surface area (Å²) < 4.78 is 6.59. The third kappa shape index (κ3) is 3.77. The van der Waals surface area contributed by atoms with Crippen LogP contribution in [0.3, 0.4) is 0 Å². The van der Waals surface area contributed by atoms with Gasteiger partial charge in [0.15, 0.2) is 0 Å². The van der Waals surface area contributed by atoms with Crippen molar-refractivity contribution < 1.29 is 9.53 Å². The maximum absolute atomic E-state index is 12.4. The smallest absolute Gasteiger partial charge is 0.410 e. The zero-order valence-corrected chi connectivity index (χ0v) is 15.8. The Morgan fingerprint density at radius 3 is 2.91 bits per heavy atom. The first-order valence-electron chi connectivity index (χ1n) is 7.64. The SMILES string of the molecule is CC(C)(C)OC(=O)N1CCC[C@H]1c1ncc(-c2ccc(Br)s2)[nH]1. The number of halogens is 1. The molecule has 1 atom stereocenters. The van der Waals surface area contributed by atoms with Gasteiger partial charge >= 0.3 is 6.09 Å². The van der Waals surface area contributed by atoms with Gasteiger partial charge in [0, 0.05) is 6.54 Å². The molecular weight excluding hydrogens is 378 g/mol. The van der Waals surface area contributed by atoms with E-state index in [1.807, 2.05) is 39.1 Å². The largest absolute Gasteiger partial charge is 0.444 e. The van der Waals surface area contributed by atoms with E-state index in [2.05, 4.69) is 25.9 Å². The highest BCUT2D eigenvalue weighted by molar-refractivity contribution is 9.11. The molecule has 1 N–H and O–H groups in total. The number of ether oxygens (including phenoxy) is 1. The number of rotatable bonds is 2. The van der Waals surface area contributed by atoms with Crippen molar-refractivity contribution in [3.8, 4) is 10.6 Å². The summed E-state index contributed by atoms with van der Waals surface area (Å²) in [6.07, 6.45) is 3.43. The molecule has 7 heteroatoms. The Kier molecular flexibility index (Phi) is 4.51. The van der Waals surface area contributed by atoms with Crippen LogP contribution >= 0.6 is 27.3 Å². The fraction of sp³-hybridized carbons (Fsp3) is 0.500. The van der Waals surface area contributed by atoms with Crippen molar-refractivity contribution in [2.45, 2.75) is 45.3 Å². The van der Waals surface area contributed by atoms with Crippen LogP contribution in [0.4, 0.5) is 4.79 Å². The summed E-state index contributed by atoms with van der Waals surface area (Å²) in [5.41, 5.74) is 0.494. The molecule has 0 aromatic carbocycles. The van der Waals surface area contributed by atoms with Crippen LogP contribution in [0.15, 0.2) is 22.1 Å². The normalized spacial score (nSPS) is 18.4. The van der Waals surface area contributed by atoms with E-state index in [1.165, 1.54) is 0 Å². The minimum absolute atomic E-state index is 0.0398. The first-order valence-corrected chi connectivity index (χ1v) is 9.25. The molecule has 23 heavy (non-hydrogen) atoms. The molecule has 0 radical (unpaired) electrons. The van der Waals surface area contributed by atoms with Gasteiger partial charge in [-0.25, -0.2) is 9.78 Å². The van der Waals surface area contributed by atoms with Crippen molar-refractivity contribution in [1.82, 2.24) is 14.9 Å². The highest BCUT2D eigenvalue weighted by atomic mass is 79.9. The molecule has 3 heterocycles. The monoisotopic (exact) mass is 397 g/mol. The number of imidazole rings is 1. The second-order valence-electron chi connectivity index (χ2n) is 6.62. The van der Waals surface area contributed by atoms with Crippen LogP contribution in [0.2, 0.25) is 0 Å². The molecular formula is C16H20BrN3O2S. The van der Waals surface area contributed by atoms with Gasteiger partial charge in [-0.3, -0.25) is 4.90 Å². The van der Waals surface area contributed by atoms with Crippen molar-refractivity contribution in [2.24, 2.45) is 0 Å². The number of aromatic nitrogens is 2. The molecule has 3 rings (SSSR count). The van der Waals surface area contributed by atoms with Crippen LogP contribution in [0, 0.1) is 0 Å². The first-order chi connectivity index (χ1) is 10.8. The molecule has 0 bridgehead atoms. The first kappa shape index (κ1) is 16.5. The second-order valence-corrected chi connectivity index (χ2v) is 9.08. The molecule has 0 spiro atoms. The summed E-state index contributed by atoms with van der Waals surface area (Å²) in [6, 6.07) is 4.03. The average molecular weight is 398 g/mol. The van der Waals surface area contributed by atoms with Crippen LogP contribution in [0.5, 0.6) is 0 Å². The number of hydrogen-bond donors (Lipinski definition) is 1. The number of aromatic amines is 1. The van der Waals surface area contributed by atoms with E-state index in [-0.39, 0.29) is 12.1 Å². The van der Waals surface area contributed by atoms with Crippen molar-refractivity contribution in [1.29, 1.82) is 0 Å². The van der Waals surface area contributed by atoms with Gasteiger partial charge in [-0.15, -0.1) is 11.3 Å². The van der Waals surface area contributed by atoms with Crippen molar-refractivity contribution in [2.75, 3.05) is 6.54 Å². The topological polar surface area (TPSA) is 58.2 Å². The van der Waals surface area contributed by atoms with Crippen LogP contribution in [0.1, 0.15) is 45.5 Å². The fourth-order valence-electron chi connectivity index (χ4n) is 2.68. The molecule has 1 aliphatic rings. The Morgan fingerprint density at radius 1 is 1.48 bits per heavy atom. The molecule has 124 valence electrons. The van der Waals surface area contributed by atoms with E-state index in [0.29, 0.717) is 6.54 Å². The number of likely N-dealkylation sites (tertiary alicyclic amines) is 1. The molecule has 0 aliphatic carbocycles. The maximum Gasteiger partial charge on any atom is 0.410 e. The highest BCUT2D eigenvalue weighted by Gasteiger charge is 2.34. The predicted octanol–water partition coefficient (Wildman–Crippen LogP) is 4.97. The number of H-pyrrole nitrogens is 1. The lowest BCUT2D eigenvalue weighted by atomic mass is 10.2. The van der Waals surface area contributed by atoms with Gasteiger partial charge in [-0.05, 0) is 61.7 Å². The van der Waals surface area contributed by atoms with Gasteiger partial charge in [0.25, 0.3) is 0 Å². The van der Waals surface area contributed by atoms with Crippen molar-refractivity contribution in [3.63, 3.8) is 0 Å². The summed E-state index contributed by atoms with van der Waals surface area (Å²) in [6.45, 7) is 6.36. The molecule has 1 aliphatic heterocycles. The highest BCUT2D eigenvalue weighted by Crippen LogP contribution is 2.34. The molecule has 2 aromatic rings. The third-order valence-electron chi connectivity index (χ3n) is 3.63. The quantitative estimate of drug-likeness (QED) is 0.777. The van der Waals surface area contributed by atoms with E-state index in [4.69, 9.17) is 4.74 Å². The summed E-state index contributed by atoms with van der Waals surface area (Å²) in [4.78, 5) is 23.1. The molecule has 0 unspecified atom stereocenters. The lowest BCUT2D eigenvalue weighted by molar-refractivity contribution is 0.0219. The van der Waals surface area contributed by atoms with Crippen LogP contribution in [-0.4, -0.2) is 33.1 Å². The molecule has 1 amide bonds. The zero-order valence-electron chi connectivity index (χ0n) is 13.4. The van der Waals surface area contributed by atoms with Crippen LogP contribution in [-0.2, 0) is 4.74 Å². The van der Waals surface area contributed by atoms with Crippen LogP contribution in [0.25, 0.3) is 10.6 Å². The summed E-state index contributed by atoms with van der Waals surface area (Å²) >= 11 is 5.13. The standard InChI is InChI=1S/C16H20BrN3O2S/c1-16(2,3)22-15(21)20-8-4-5-11(20)14-18-9-10(19-14)12-6-7-13(17)23-12/h6-7,9,11H,4-5,8H2,1-3H3,(H,18,19)/t11-/m0/s1. The Morgan fingerprint density at radius 2 is 2.26 bits per heavy atom. The number of carbonyl (C=O) groups is 1. The molecule has 1 fully saturated rings. The lowest BCUT2D eigenvalue weighted by Crippen LogP contribution is -2.36. The summed E-state index contributed by atoms with van der Waals surface area (Å²) in [7, 11) is 0. The lowest BCUT2D eigenvalue weighted by Gasteiger charge is -2.27. The van der Waals surface area contributed by atoms with Crippen molar-refractivity contribution in [3.05, 3.63) is 27.9 Å².